The Labute approximate surface area is 100 Å². The molecule has 90 valence electrons. The third kappa shape index (κ3) is 2.65. The fourth-order valence-electron chi connectivity index (χ4n) is 1.88. The normalized spacial score (nSPS) is 12.6. The minimum Gasteiger partial charge on any atom is -0.508 e. The molecule has 4 nitrogen and oxygen atoms in total. The number of phenols is 1. The van der Waals surface area contributed by atoms with Gasteiger partial charge in [-0.15, -0.1) is 0 Å². The summed E-state index contributed by atoms with van der Waals surface area (Å²) < 4.78 is 1.91. The Morgan fingerprint density at radius 3 is 2.94 bits per heavy atom. The van der Waals surface area contributed by atoms with Crippen LogP contribution >= 0.6 is 0 Å². The van der Waals surface area contributed by atoms with E-state index in [1.54, 1.807) is 30.7 Å². The molecule has 0 spiro atoms. The molecule has 0 aliphatic rings. The van der Waals surface area contributed by atoms with Crippen LogP contribution in [0.3, 0.4) is 0 Å². The molecule has 4 heteroatoms. The van der Waals surface area contributed by atoms with E-state index in [4.69, 9.17) is 0 Å². The first-order chi connectivity index (χ1) is 8.20. The van der Waals surface area contributed by atoms with E-state index in [-0.39, 0.29) is 5.75 Å². The predicted molar refractivity (Wildman–Crippen MR) is 64.7 cm³/mol. The Morgan fingerprint density at radius 2 is 2.24 bits per heavy atom. The lowest BCUT2D eigenvalue weighted by atomic mass is 10.1. The van der Waals surface area contributed by atoms with Crippen molar-refractivity contribution in [3.63, 3.8) is 0 Å². The van der Waals surface area contributed by atoms with Gasteiger partial charge in [-0.25, -0.2) is 4.98 Å². The van der Waals surface area contributed by atoms with Crippen LogP contribution in [0.5, 0.6) is 5.75 Å². The number of benzene rings is 1. The van der Waals surface area contributed by atoms with Crippen molar-refractivity contribution in [2.45, 2.75) is 26.0 Å². The summed E-state index contributed by atoms with van der Waals surface area (Å²) in [5, 5.41) is 19.5. The first-order valence-corrected chi connectivity index (χ1v) is 5.66. The first kappa shape index (κ1) is 11.7. The molecule has 0 aliphatic carbocycles. The summed E-state index contributed by atoms with van der Waals surface area (Å²) in [6, 6.07) is 6.94. The Bertz CT molecular complexity index is 494. The van der Waals surface area contributed by atoms with Crippen LogP contribution in [0.1, 0.15) is 24.3 Å². The van der Waals surface area contributed by atoms with Crippen LogP contribution in [-0.4, -0.2) is 19.8 Å². The number of aliphatic hydroxyl groups excluding tert-OH is 1. The molecular weight excluding hydrogens is 216 g/mol. The maximum absolute atomic E-state index is 10.1. The molecule has 0 bridgehead atoms. The van der Waals surface area contributed by atoms with E-state index in [0.29, 0.717) is 6.42 Å². The largest absolute Gasteiger partial charge is 0.508 e. The van der Waals surface area contributed by atoms with Crippen LogP contribution in [0.25, 0.3) is 0 Å². The SMILES string of the molecule is CCn1cncc1C(O)Cc1cccc(O)c1. The van der Waals surface area contributed by atoms with Crippen molar-refractivity contribution >= 4 is 0 Å². The fraction of sp³-hybridized carbons (Fsp3) is 0.308. The van der Waals surface area contributed by atoms with Crippen LogP contribution in [0, 0.1) is 0 Å². The molecule has 0 aliphatic heterocycles. The van der Waals surface area contributed by atoms with Crippen molar-refractivity contribution < 1.29 is 10.2 Å². The number of hydrogen-bond acceptors (Lipinski definition) is 3. The summed E-state index contributed by atoms with van der Waals surface area (Å²) >= 11 is 0. The zero-order chi connectivity index (χ0) is 12.3. The lowest BCUT2D eigenvalue weighted by molar-refractivity contribution is 0.169. The number of rotatable bonds is 4. The number of hydrogen-bond donors (Lipinski definition) is 2. The van der Waals surface area contributed by atoms with Gasteiger partial charge in [-0.2, -0.15) is 0 Å². The highest BCUT2D eigenvalue weighted by atomic mass is 16.3. The summed E-state index contributed by atoms with van der Waals surface area (Å²) in [6.07, 6.45) is 3.26. The molecule has 0 radical (unpaired) electrons. The topological polar surface area (TPSA) is 58.3 Å². The summed E-state index contributed by atoms with van der Waals surface area (Å²) in [5.41, 5.74) is 1.71. The van der Waals surface area contributed by atoms with Gasteiger partial charge in [0.05, 0.1) is 24.3 Å². The average Bonchev–Trinajstić information content (AvgIpc) is 2.77. The summed E-state index contributed by atoms with van der Waals surface area (Å²) in [4.78, 5) is 4.03. The van der Waals surface area contributed by atoms with Crippen LogP contribution in [0.4, 0.5) is 0 Å². The van der Waals surface area contributed by atoms with Crippen LogP contribution in [0.2, 0.25) is 0 Å². The van der Waals surface area contributed by atoms with Crippen molar-refractivity contribution in [3.05, 3.63) is 48.0 Å². The lowest BCUT2D eigenvalue weighted by Gasteiger charge is -2.12. The smallest absolute Gasteiger partial charge is 0.115 e. The van der Waals surface area contributed by atoms with Crippen molar-refractivity contribution in [2.24, 2.45) is 0 Å². The van der Waals surface area contributed by atoms with Crippen LogP contribution < -0.4 is 0 Å². The zero-order valence-corrected chi connectivity index (χ0v) is 9.74. The number of imidazole rings is 1. The Hall–Kier alpha value is -1.81. The predicted octanol–water partition coefficient (Wildman–Crippen LogP) is 1.88. The molecule has 2 N–H and O–H groups in total. The van der Waals surface area contributed by atoms with Crippen LogP contribution in [-0.2, 0) is 13.0 Å². The minimum atomic E-state index is -0.598. The second kappa shape index (κ2) is 5.01. The molecule has 1 heterocycles. The van der Waals surface area contributed by atoms with Crippen molar-refractivity contribution in [1.82, 2.24) is 9.55 Å². The maximum Gasteiger partial charge on any atom is 0.115 e. The van der Waals surface area contributed by atoms with E-state index in [2.05, 4.69) is 4.98 Å². The van der Waals surface area contributed by atoms with Gasteiger partial charge in [0.2, 0.25) is 0 Å². The van der Waals surface area contributed by atoms with Crippen molar-refractivity contribution in [1.29, 1.82) is 0 Å². The molecular formula is C13H16N2O2. The summed E-state index contributed by atoms with van der Waals surface area (Å²) in [7, 11) is 0. The molecule has 1 aromatic heterocycles. The minimum absolute atomic E-state index is 0.221. The number of aryl methyl sites for hydroxylation is 1. The number of nitrogens with zero attached hydrogens (tertiary/aromatic N) is 2. The molecule has 0 amide bonds. The monoisotopic (exact) mass is 232 g/mol. The standard InChI is InChI=1S/C13H16N2O2/c1-2-15-9-14-8-12(15)13(17)7-10-4-3-5-11(16)6-10/h3-6,8-9,13,16-17H,2,7H2,1H3. The van der Waals surface area contributed by atoms with E-state index in [9.17, 15) is 10.2 Å². The van der Waals surface area contributed by atoms with Gasteiger partial charge >= 0.3 is 0 Å². The quantitative estimate of drug-likeness (QED) is 0.846. The molecule has 2 rings (SSSR count). The first-order valence-electron chi connectivity index (χ1n) is 5.66. The number of phenolic OH excluding ortho intramolecular Hbond substituents is 1. The fourth-order valence-corrected chi connectivity index (χ4v) is 1.88. The molecule has 0 saturated carbocycles. The van der Waals surface area contributed by atoms with Gasteiger partial charge < -0.3 is 14.8 Å². The molecule has 2 aromatic rings. The van der Waals surface area contributed by atoms with E-state index in [1.165, 1.54) is 0 Å². The second-order valence-electron chi connectivity index (χ2n) is 3.99. The van der Waals surface area contributed by atoms with Gasteiger partial charge in [0.25, 0.3) is 0 Å². The number of aromatic hydroxyl groups is 1. The van der Waals surface area contributed by atoms with Gasteiger partial charge in [-0.3, -0.25) is 0 Å². The van der Waals surface area contributed by atoms with E-state index in [1.807, 2.05) is 17.6 Å². The van der Waals surface area contributed by atoms with Crippen LogP contribution in [0.15, 0.2) is 36.8 Å². The summed E-state index contributed by atoms with van der Waals surface area (Å²) in [6.45, 7) is 2.79. The summed E-state index contributed by atoms with van der Waals surface area (Å²) in [5.74, 6) is 0.221. The van der Waals surface area contributed by atoms with Crippen molar-refractivity contribution in [3.8, 4) is 5.75 Å². The zero-order valence-electron chi connectivity index (χ0n) is 9.74. The number of aromatic nitrogens is 2. The highest BCUT2D eigenvalue weighted by molar-refractivity contribution is 5.28. The molecule has 1 atom stereocenters. The Kier molecular flexibility index (Phi) is 3.44. The molecule has 1 unspecified atom stereocenters. The molecule has 0 saturated heterocycles. The Morgan fingerprint density at radius 1 is 1.41 bits per heavy atom. The third-order valence-corrected chi connectivity index (χ3v) is 2.77. The van der Waals surface area contributed by atoms with Gasteiger partial charge in [-0.1, -0.05) is 12.1 Å². The molecule has 17 heavy (non-hydrogen) atoms. The van der Waals surface area contributed by atoms with Crippen molar-refractivity contribution in [2.75, 3.05) is 0 Å². The number of aliphatic hydroxyl groups is 1. The van der Waals surface area contributed by atoms with Gasteiger partial charge in [0.15, 0.2) is 0 Å². The molecule has 1 aromatic carbocycles. The van der Waals surface area contributed by atoms with Gasteiger partial charge in [-0.05, 0) is 24.6 Å². The van der Waals surface area contributed by atoms with E-state index < -0.39 is 6.10 Å². The second-order valence-corrected chi connectivity index (χ2v) is 3.99. The van der Waals surface area contributed by atoms with Gasteiger partial charge in [0.1, 0.15) is 5.75 Å². The third-order valence-electron chi connectivity index (χ3n) is 2.77. The maximum atomic E-state index is 10.1. The van der Waals surface area contributed by atoms with E-state index in [0.717, 1.165) is 17.8 Å². The van der Waals surface area contributed by atoms with E-state index >= 15 is 0 Å². The average molecular weight is 232 g/mol. The Balaban J connectivity index is 2.14. The molecule has 0 fully saturated rings. The van der Waals surface area contributed by atoms with Gasteiger partial charge in [0, 0.05) is 13.0 Å². The lowest BCUT2D eigenvalue weighted by Crippen LogP contribution is -2.08. The highest BCUT2D eigenvalue weighted by Crippen LogP contribution is 2.20. The highest BCUT2D eigenvalue weighted by Gasteiger charge is 2.13.